The molecular weight excluding hydrogens is 426 g/mol. The monoisotopic (exact) mass is 453 g/mol. The van der Waals surface area contributed by atoms with Gasteiger partial charge in [-0.1, -0.05) is 49.2 Å². The number of hydrogen-bond donors (Lipinski definition) is 1. The Hall–Kier alpha value is -3.58. The molecule has 34 heavy (non-hydrogen) atoms. The van der Waals surface area contributed by atoms with Crippen LogP contribution in [0.1, 0.15) is 48.2 Å². The third-order valence-electron chi connectivity index (χ3n) is 7.58. The summed E-state index contributed by atoms with van der Waals surface area (Å²) in [6.45, 7) is 0.501. The predicted octanol–water partition coefficient (Wildman–Crippen LogP) is 4.08. The number of imidazole rings is 1. The van der Waals surface area contributed by atoms with E-state index >= 15 is 0 Å². The molecule has 2 fully saturated rings. The highest BCUT2D eigenvalue weighted by Gasteiger charge is 2.50. The lowest BCUT2D eigenvalue weighted by Gasteiger charge is -2.52. The number of carbonyl (C=O) groups is 1. The van der Waals surface area contributed by atoms with Crippen molar-refractivity contribution in [2.24, 2.45) is 5.92 Å². The van der Waals surface area contributed by atoms with Gasteiger partial charge in [-0.2, -0.15) is 0 Å². The van der Waals surface area contributed by atoms with Crippen LogP contribution in [0.3, 0.4) is 0 Å². The molecule has 7 heteroatoms. The fourth-order valence-electron chi connectivity index (χ4n) is 5.97. The number of likely N-dealkylation sites (tertiary alicyclic amines) is 1. The molecule has 172 valence electrons. The van der Waals surface area contributed by atoms with Crippen molar-refractivity contribution >= 4 is 11.4 Å². The highest BCUT2D eigenvalue weighted by atomic mass is 16.3. The average Bonchev–Trinajstić information content (AvgIpc) is 3.30. The normalized spacial score (nSPS) is 24.7. The van der Waals surface area contributed by atoms with Gasteiger partial charge in [-0.25, -0.2) is 15.0 Å². The predicted molar refractivity (Wildman–Crippen MR) is 128 cm³/mol. The number of fused-ring (bicyclic) bond motifs is 2. The van der Waals surface area contributed by atoms with E-state index in [2.05, 4.69) is 9.97 Å². The van der Waals surface area contributed by atoms with Crippen molar-refractivity contribution in [3.05, 3.63) is 84.7 Å². The molecule has 0 radical (unpaired) electrons. The molecular formula is C27H27N5O2. The zero-order valence-corrected chi connectivity index (χ0v) is 18.9. The molecule has 1 aromatic carbocycles. The molecule has 4 heterocycles. The minimum Gasteiger partial charge on any atom is -0.385 e. The summed E-state index contributed by atoms with van der Waals surface area (Å²) in [5.41, 5.74) is 2.01. The fraction of sp³-hybridized carbons (Fsp3) is 0.333. The van der Waals surface area contributed by atoms with Gasteiger partial charge in [0.2, 0.25) is 0 Å². The lowest BCUT2D eigenvalue weighted by atomic mass is 9.66. The zero-order valence-electron chi connectivity index (χ0n) is 18.9. The Labute approximate surface area is 198 Å². The van der Waals surface area contributed by atoms with Crippen LogP contribution in [-0.2, 0) is 5.60 Å². The summed E-state index contributed by atoms with van der Waals surface area (Å²) in [6.07, 6.45) is 11.3. The van der Waals surface area contributed by atoms with Crippen molar-refractivity contribution in [3.8, 4) is 11.4 Å². The highest BCUT2D eigenvalue weighted by molar-refractivity contribution is 6.00. The van der Waals surface area contributed by atoms with Crippen LogP contribution >= 0.6 is 0 Å². The highest BCUT2D eigenvalue weighted by Crippen LogP contribution is 2.47. The first-order valence-electron chi connectivity index (χ1n) is 12.0. The first-order valence-corrected chi connectivity index (χ1v) is 12.0. The topological polar surface area (TPSA) is 83.6 Å². The largest absolute Gasteiger partial charge is 0.385 e. The molecule has 1 aliphatic carbocycles. The van der Waals surface area contributed by atoms with Crippen molar-refractivity contribution < 1.29 is 9.90 Å². The van der Waals surface area contributed by atoms with Gasteiger partial charge in [-0.3, -0.25) is 9.20 Å². The molecule has 0 spiro atoms. The Bertz CT molecular complexity index is 1320. The molecule has 0 bridgehead atoms. The van der Waals surface area contributed by atoms with Crippen molar-refractivity contribution in [2.75, 3.05) is 6.54 Å². The Balaban J connectivity index is 1.39. The van der Waals surface area contributed by atoms with Crippen LogP contribution in [-0.4, -0.2) is 47.9 Å². The van der Waals surface area contributed by atoms with Crippen LogP contribution in [0.25, 0.3) is 16.9 Å². The van der Waals surface area contributed by atoms with Gasteiger partial charge in [-0.05, 0) is 37.0 Å². The second kappa shape index (κ2) is 8.33. The summed E-state index contributed by atoms with van der Waals surface area (Å²) in [6, 6.07) is 15.7. The number of amides is 1. The molecule has 6 rings (SSSR count). The van der Waals surface area contributed by atoms with E-state index in [0.717, 1.165) is 42.3 Å². The van der Waals surface area contributed by atoms with Gasteiger partial charge in [0.05, 0.1) is 16.7 Å². The molecule has 1 unspecified atom stereocenters. The van der Waals surface area contributed by atoms with Crippen LogP contribution < -0.4 is 0 Å². The number of aromatic nitrogens is 4. The van der Waals surface area contributed by atoms with Gasteiger partial charge in [0.25, 0.3) is 5.91 Å². The van der Waals surface area contributed by atoms with Crippen LogP contribution in [0.5, 0.6) is 0 Å². The summed E-state index contributed by atoms with van der Waals surface area (Å²) in [7, 11) is 0. The van der Waals surface area contributed by atoms with E-state index < -0.39 is 5.60 Å². The fourth-order valence-corrected chi connectivity index (χ4v) is 5.97. The molecule has 1 amide bonds. The maximum absolute atomic E-state index is 14.0. The van der Waals surface area contributed by atoms with Gasteiger partial charge < -0.3 is 10.0 Å². The lowest BCUT2D eigenvalue weighted by molar-refractivity contribution is -0.110. The second-order valence-electron chi connectivity index (χ2n) is 9.36. The summed E-state index contributed by atoms with van der Waals surface area (Å²) in [5, 5.41) is 11.9. The summed E-state index contributed by atoms with van der Waals surface area (Å²) < 4.78 is 1.93. The SMILES string of the molecule is O=C(c1nc(-c2cncnc2)n2ccccc12)N1CC[C@@](O)(c2ccccc2)[C@@H]2CCCCC21. The summed E-state index contributed by atoms with van der Waals surface area (Å²) >= 11 is 0. The third kappa shape index (κ3) is 3.30. The minimum atomic E-state index is -0.911. The minimum absolute atomic E-state index is 0.0100. The Morgan fingerprint density at radius 2 is 1.76 bits per heavy atom. The maximum atomic E-state index is 14.0. The number of rotatable bonds is 3. The van der Waals surface area contributed by atoms with E-state index in [1.54, 1.807) is 12.4 Å². The molecule has 3 aromatic heterocycles. The average molecular weight is 454 g/mol. The van der Waals surface area contributed by atoms with Crippen LogP contribution in [0.4, 0.5) is 0 Å². The molecule has 1 saturated heterocycles. The van der Waals surface area contributed by atoms with E-state index in [9.17, 15) is 9.90 Å². The van der Waals surface area contributed by atoms with Gasteiger partial charge in [0.1, 0.15) is 12.2 Å². The zero-order chi connectivity index (χ0) is 23.1. The number of hydrogen-bond acceptors (Lipinski definition) is 5. The number of benzene rings is 1. The first kappa shape index (κ1) is 21.0. The number of nitrogens with zero attached hydrogens (tertiary/aromatic N) is 5. The molecule has 4 aromatic rings. The van der Waals surface area contributed by atoms with E-state index in [1.165, 1.54) is 6.33 Å². The van der Waals surface area contributed by atoms with Crippen molar-refractivity contribution in [2.45, 2.75) is 43.7 Å². The quantitative estimate of drug-likeness (QED) is 0.505. The number of carbonyl (C=O) groups excluding carboxylic acids is 1. The van der Waals surface area contributed by atoms with Crippen LogP contribution in [0.2, 0.25) is 0 Å². The van der Waals surface area contributed by atoms with Crippen LogP contribution in [0.15, 0.2) is 73.4 Å². The van der Waals surface area contributed by atoms with Gasteiger partial charge in [0.15, 0.2) is 5.69 Å². The van der Waals surface area contributed by atoms with Crippen LogP contribution in [0, 0.1) is 5.92 Å². The standard InChI is InChI=1S/C27H27N5O2/c33-26(24-23-12-6-7-14-31(23)25(30-24)19-16-28-18-29-17-19)32-15-13-27(34,20-8-2-1-3-9-20)21-10-4-5-11-22(21)32/h1-3,6-9,12,14,16-18,21-22,34H,4-5,10-11,13,15H2/t21-,22?,27-/m1/s1. The van der Waals surface area contributed by atoms with Gasteiger partial charge in [-0.15, -0.1) is 0 Å². The number of piperidine rings is 1. The summed E-state index contributed by atoms with van der Waals surface area (Å²) in [5.74, 6) is 0.591. The van der Waals surface area contributed by atoms with Crippen molar-refractivity contribution in [1.29, 1.82) is 0 Å². The molecule has 2 aliphatic rings. The second-order valence-corrected chi connectivity index (χ2v) is 9.36. The maximum Gasteiger partial charge on any atom is 0.274 e. The Kier molecular flexibility index (Phi) is 5.14. The third-order valence-corrected chi connectivity index (χ3v) is 7.58. The first-order chi connectivity index (χ1) is 16.7. The number of aliphatic hydroxyl groups is 1. The number of pyridine rings is 1. The van der Waals surface area contributed by atoms with E-state index in [-0.39, 0.29) is 17.9 Å². The Morgan fingerprint density at radius 1 is 1.00 bits per heavy atom. The van der Waals surface area contributed by atoms with Gasteiger partial charge >= 0.3 is 0 Å². The van der Waals surface area contributed by atoms with Crippen molar-refractivity contribution in [1.82, 2.24) is 24.3 Å². The molecule has 7 nitrogen and oxygen atoms in total. The lowest BCUT2D eigenvalue weighted by Crippen LogP contribution is -2.59. The summed E-state index contributed by atoms with van der Waals surface area (Å²) in [4.78, 5) is 29.0. The molecule has 1 N–H and O–H groups in total. The van der Waals surface area contributed by atoms with Crippen molar-refractivity contribution in [3.63, 3.8) is 0 Å². The smallest absolute Gasteiger partial charge is 0.274 e. The van der Waals surface area contributed by atoms with E-state index in [4.69, 9.17) is 4.98 Å². The molecule has 3 atom stereocenters. The van der Waals surface area contributed by atoms with E-state index in [0.29, 0.717) is 24.5 Å². The molecule has 1 saturated carbocycles. The van der Waals surface area contributed by atoms with E-state index in [1.807, 2.05) is 64.0 Å². The van der Waals surface area contributed by atoms with Gasteiger partial charge in [0, 0.05) is 37.1 Å². The molecule has 1 aliphatic heterocycles. The Morgan fingerprint density at radius 3 is 2.59 bits per heavy atom.